The molecule has 0 aromatic rings. The molecule has 1 atom stereocenters. The maximum absolute atomic E-state index is 10.4. The van der Waals surface area contributed by atoms with Crippen LogP contribution in [-0.2, 0) is 0 Å². The van der Waals surface area contributed by atoms with Gasteiger partial charge >= 0.3 is 6.16 Å². The number of aliphatic hydroxyl groups is 3. The minimum atomic E-state index is -1.83. The van der Waals surface area contributed by atoms with Gasteiger partial charge < -0.3 is 30.0 Å². The molecule has 0 aliphatic rings. The Kier molecular flexibility index (Phi) is 21.8. The molecule has 0 saturated carbocycles. The first kappa shape index (κ1) is 29.3. The van der Waals surface area contributed by atoms with Crippen LogP contribution in [0.1, 0.15) is 84.5 Å². The highest BCUT2D eigenvalue weighted by Crippen LogP contribution is 2.15. The number of rotatable bonds is 18. The molecule has 0 bridgehead atoms. The Morgan fingerprint density at radius 3 is 1.61 bits per heavy atom. The molecule has 0 heterocycles. The van der Waals surface area contributed by atoms with Crippen molar-refractivity contribution in [3.63, 3.8) is 0 Å². The van der Waals surface area contributed by atoms with E-state index in [0.717, 1.165) is 32.2 Å². The molecule has 0 aromatic carbocycles. The van der Waals surface area contributed by atoms with Gasteiger partial charge in [0.05, 0.1) is 19.8 Å². The normalized spacial score (nSPS) is 12.3. The van der Waals surface area contributed by atoms with Gasteiger partial charge in [0.15, 0.2) is 0 Å². The van der Waals surface area contributed by atoms with E-state index in [0.29, 0.717) is 24.1 Å². The quantitative estimate of drug-likeness (QED) is 0.174. The van der Waals surface area contributed by atoms with Crippen molar-refractivity contribution >= 4 is 6.16 Å². The van der Waals surface area contributed by atoms with Crippen molar-refractivity contribution in [2.45, 2.75) is 90.6 Å². The van der Waals surface area contributed by atoms with Gasteiger partial charge in [0.25, 0.3) is 0 Å². The predicted octanol–water partition coefficient (Wildman–Crippen LogP) is 3.70. The van der Waals surface area contributed by atoms with Crippen molar-refractivity contribution in [3.05, 3.63) is 0 Å². The van der Waals surface area contributed by atoms with E-state index in [2.05, 4.69) is 13.8 Å². The molecule has 0 saturated heterocycles. The van der Waals surface area contributed by atoms with Gasteiger partial charge in [-0.15, -0.1) is 0 Å². The van der Waals surface area contributed by atoms with Gasteiger partial charge in [-0.05, 0) is 12.8 Å². The summed E-state index contributed by atoms with van der Waals surface area (Å²) in [6.07, 6.45) is 11.1. The van der Waals surface area contributed by atoms with Crippen LogP contribution < -0.4 is 0 Å². The molecule has 28 heavy (non-hydrogen) atoms. The van der Waals surface area contributed by atoms with Crippen LogP contribution in [0.2, 0.25) is 0 Å². The summed E-state index contributed by atoms with van der Waals surface area (Å²) in [6, 6.07) is 0. The molecule has 0 aliphatic carbocycles. The third-order valence-electron chi connectivity index (χ3n) is 5.12. The van der Waals surface area contributed by atoms with Crippen molar-refractivity contribution in [1.82, 2.24) is 0 Å². The number of quaternary nitrogens is 1. The lowest BCUT2D eigenvalue weighted by molar-refractivity contribution is -0.931. The summed E-state index contributed by atoms with van der Waals surface area (Å²) in [5.74, 6) is 0. The maximum atomic E-state index is 10.4. The lowest BCUT2D eigenvalue weighted by Gasteiger charge is -2.39. The standard InChI is InChI=1S/C20H44NO3.CH2O3/c1-3-5-7-8-9-10-11-12-13-20(24)19-21(15-17-22,16-18-23)14-6-4-2;2-1(3)4/h20,22-24H,3-19H2,1-2H3;(H2,2,3,4)/q+1;. The molecule has 0 radical (unpaired) electrons. The number of nitrogens with zero attached hydrogens (tertiary/aromatic N) is 1. The number of unbranched alkanes of at least 4 members (excludes halogenated alkanes) is 8. The highest BCUT2D eigenvalue weighted by molar-refractivity contribution is 5.53. The number of carboxylic acid groups (broad SMARTS) is 2. The summed E-state index contributed by atoms with van der Waals surface area (Å²) in [7, 11) is 0. The summed E-state index contributed by atoms with van der Waals surface area (Å²) in [4.78, 5) is 8.56. The zero-order valence-electron chi connectivity index (χ0n) is 18.2. The van der Waals surface area contributed by atoms with Crippen LogP contribution >= 0.6 is 0 Å². The van der Waals surface area contributed by atoms with Crippen LogP contribution in [-0.4, -0.2) is 81.7 Å². The van der Waals surface area contributed by atoms with Gasteiger partial charge in [0, 0.05) is 0 Å². The van der Waals surface area contributed by atoms with E-state index in [-0.39, 0.29) is 19.3 Å². The number of carbonyl (C=O) groups is 1. The molecule has 170 valence electrons. The Morgan fingerprint density at radius 2 is 1.18 bits per heavy atom. The summed E-state index contributed by atoms with van der Waals surface area (Å²) in [5.41, 5.74) is 0. The average Bonchev–Trinajstić information content (AvgIpc) is 2.62. The lowest BCUT2D eigenvalue weighted by atomic mass is 10.0. The van der Waals surface area contributed by atoms with E-state index in [1.165, 1.54) is 44.9 Å². The fraction of sp³-hybridized carbons (Fsp3) is 0.952. The van der Waals surface area contributed by atoms with Crippen LogP contribution in [0.5, 0.6) is 0 Å². The second-order valence-electron chi connectivity index (χ2n) is 7.70. The molecule has 0 aliphatic heterocycles. The number of aliphatic hydroxyl groups excluding tert-OH is 3. The molecule has 7 heteroatoms. The zero-order valence-corrected chi connectivity index (χ0v) is 18.2. The fourth-order valence-corrected chi connectivity index (χ4v) is 3.58. The van der Waals surface area contributed by atoms with Gasteiger partial charge in [-0.3, -0.25) is 0 Å². The third kappa shape index (κ3) is 19.9. The van der Waals surface area contributed by atoms with Crippen molar-refractivity contribution in [2.75, 3.05) is 39.4 Å². The molecular formula is C21H46NO6+. The molecule has 7 nitrogen and oxygen atoms in total. The van der Waals surface area contributed by atoms with Crippen LogP contribution in [0.3, 0.4) is 0 Å². The van der Waals surface area contributed by atoms with Gasteiger partial charge in [-0.2, -0.15) is 0 Å². The summed E-state index contributed by atoms with van der Waals surface area (Å²) in [5, 5.41) is 43.2. The average molecular weight is 409 g/mol. The Hall–Kier alpha value is -0.890. The van der Waals surface area contributed by atoms with E-state index < -0.39 is 6.16 Å². The molecule has 5 N–H and O–H groups in total. The molecular weight excluding hydrogens is 362 g/mol. The topological polar surface area (TPSA) is 118 Å². The van der Waals surface area contributed by atoms with Gasteiger partial charge in [-0.1, -0.05) is 71.6 Å². The Bertz CT molecular complexity index is 331. The van der Waals surface area contributed by atoms with Crippen LogP contribution in [0.25, 0.3) is 0 Å². The Morgan fingerprint density at radius 1 is 0.750 bits per heavy atom. The molecule has 0 amide bonds. The SMILES string of the molecule is CCCCCCCCCCC(O)C[N+](CCO)(CCO)CCCC.O=C(O)O. The largest absolute Gasteiger partial charge is 0.503 e. The molecule has 0 spiro atoms. The summed E-state index contributed by atoms with van der Waals surface area (Å²) in [6.45, 7) is 7.51. The van der Waals surface area contributed by atoms with Crippen molar-refractivity contribution in [3.8, 4) is 0 Å². The Labute approximate surface area is 171 Å². The van der Waals surface area contributed by atoms with Crippen LogP contribution in [0.15, 0.2) is 0 Å². The highest BCUT2D eigenvalue weighted by Gasteiger charge is 2.28. The minimum absolute atomic E-state index is 0.119. The third-order valence-corrected chi connectivity index (χ3v) is 5.12. The smallest absolute Gasteiger partial charge is 0.450 e. The molecule has 0 aromatic heterocycles. The highest BCUT2D eigenvalue weighted by atomic mass is 16.6. The molecule has 0 fully saturated rings. The van der Waals surface area contributed by atoms with Gasteiger partial charge in [-0.25, -0.2) is 4.79 Å². The predicted molar refractivity (Wildman–Crippen MR) is 113 cm³/mol. The maximum Gasteiger partial charge on any atom is 0.503 e. The van der Waals surface area contributed by atoms with Crippen molar-refractivity contribution < 1.29 is 34.8 Å². The van der Waals surface area contributed by atoms with Crippen LogP contribution in [0, 0.1) is 0 Å². The van der Waals surface area contributed by atoms with Crippen molar-refractivity contribution in [2.24, 2.45) is 0 Å². The zero-order chi connectivity index (χ0) is 21.7. The van der Waals surface area contributed by atoms with Crippen molar-refractivity contribution in [1.29, 1.82) is 0 Å². The molecule has 0 rings (SSSR count). The first-order chi connectivity index (χ1) is 13.4. The lowest BCUT2D eigenvalue weighted by Crippen LogP contribution is -2.55. The van der Waals surface area contributed by atoms with E-state index in [4.69, 9.17) is 15.0 Å². The van der Waals surface area contributed by atoms with E-state index in [9.17, 15) is 15.3 Å². The number of hydrogen-bond donors (Lipinski definition) is 5. The monoisotopic (exact) mass is 408 g/mol. The summed E-state index contributed by atoms with van der Waals surface area (Å²) < 4.78 is 0.652. The van der Waals surface area contributed by atoms with E-state index in [1.54, 1.807) is 0 Å². The minimum Gasteiger partial charge on any atom is -0.450 e. The second kappa shape index (κ2) is 20.8. The second-order valence-corrected chi connectivity index (χ2v) is 7.70. The Balaban J connectivity index is 0. The first-order valence-electron chi connectivity index (χ1n) is 11.0. The first-order valence-corrected chi connectivity index (χ1v) is 11.0. The van der Waals surface area contributed by atoms with Gasteiger partial charge in [0.2, 0.25) is 0 Å². The van der Waals surface area contributed by atoms with Crippen LogP contribution in [0.4, 0.5) is 4.79 Å². The fourth-order valence-electron chi connectivity index (χ4n) is 3.58. The van der Waals surface area contributed by atoms with E-state index in [1.807, 2.05) is 0 Å². The molecule has 1 unspecified atom stereocenters. The van der Waals surface area contributed by atoms with E-state index >= 15 is 0 Å². The summed E-state index contributed by atoms with van der Waals surface area (Å²) >= 11 is 0. The van der Waals surface area contributed by atoms with Gasteiger partial charge in [0.1, 0.15) is 25.7 Å². The number of hydrogen-bond acceptors (Lipinski definition) is 4.